The molecular formula is C35H42N6O4. The number of nitrogens with zero attached hydrogens (tertiary/aromatic N) is 3. The number of amides is 3. The Hall–Kier alpha value is -4.67. The smallest absolute Gasteiger partial charge is 0.323 e. The van der Waals surface area contributed by atoms with E-state index < -0.39 is 11.6 Å². The Labute approximate surface area is 264 Å². The van der Waals surface area contributed by atoms with E-state index >= 15 is 0 Å². The fourth-order valence-electron chi connectivity index (χ4n) is 6.06. The van der Waals surface area contributed by atoms with Gasteiger partial charge in [-0.15, -0.1) is 0 Å². The van der Waals surface area contributed by atoms with Crippen LogP contribution in [0.15, 0.2) is 83.4 Å². The number of aromatic nitrogens is 1. The lowest BCUT2D eigenvalue weighted by Gasteiger charge is -2.43. The third kappa shape index (κ3) is 7.19. The fraction of sp³-hybridized carbons (Fsp3) is 0.343. The number of piperidine rings is 1. The SMILES string of the molecule is Cc1noc(C)c1NC(=O)Nc1ccc(N2CCC(C(O)(c3ccccc3)c3ccccc3)CC2)c(C(=O)NCCN(C)C)c1. The molecule has 1 aromatic heterocycles. The predicted octanol–water partition coefficient (Wildman–Crippen LogP) is 5.38. The molecule has 45 heavy (non-hydrogen) atoms. The molecule has 0 saturated carbocycles. The van der Waals surface area contributed by atoms with E-state index in [4.69, 9.17) is 4.52 Å². The Morgan fingerprint density at radius 3 is 2.13 bits per heavy atom. The fourth-order valence-corrected chi connectivity index (χ4v) is 6.06. The van der Waals surface area contributed by atoms with Gasteiger partial charge in [-0.3, -0.25) is 4.79 Å². The van der Waals surface area contributed by atoms with Crippen molar-refractivity contribution in [2.75, 3.05) is 55.8 Å². The van der Waals surface area contributed by atoms with Gasteiger partial charge in [-0.1, -0.05) is 65.8 Å². The number of aryl methyl sites for hydroxylation is 2. The van der Waals surface area contributed by atoms with E-state index in [2.05, 4.69) is 26.0 Å². The zero-order chi connectivity index (χ0) is 32.0. The van der Waals surface area contributed by atoms with Crippen molar-refractivity contribution in [3.8, 4) is 0 Å². The number of rotatable bonds is 10. The number of nitrogens with one attached hydrogen (secondary N) is 3. The second-order valence-electron chi connectivity index (χ2n) is 11.8. The summed E-state index contributed by atoms with van der Waals surface area (Å²) < 4.78 is 5.14. The number of carbonyl (C=O) groups is 2. The maximum absolute atomic E-state index is 13.5. The van der Waals surface area contributed by atoms with Gasteiger partial charge in [-0.05, 0) is 76.0 Å². The molecule has 236 valence electrons. The first-order chi connectivity index (χ1) is 21.7. The van der Waals surface area contributed by atoms with Crippen molar-refractivity contribution in [3.05, 3.63) is 107 Å². The lowest BCUT2D eigenvalue weighted by Crippen LogP contribution is -2.45. The lowest BCUT2D eigenvalue weighted by atomic mass is 9.72. The van der Waals surface area contributed by atoms with E-state index in [0.29, 0.717) is 54.6 Å². The van der Waals surface area contributed by atoms with Crippen LogP contribution >= 0.6 is 0 Å². The number of benzene rings is 3. The summed E-state index contributed by atoms with van der Waals surface area (Å²) in [5.74, 6) is 0.271. The number of hydrogen-bond donors (Lipinski definition) is 4. The van der Waals surface area contributed by atoms with E-state index in [1.54, 1.807) is 26.0 Å². The second-order valence-corrected chi connectivity index (χ2v) is 11.8. The molecule has 0 aliphatic carbocycles. The molecule has 1 saturated heterocycles. The van der Waals surface area contributed by atoms with Crippen LogP contribution in [0.25, 0.3) is 0 Å². The van der Waals surface area contributed by atoms with Crippen LogP contribution in [-0.2, 0) is 5.60 Å². The first-order valence-electron chi connectivity index (χ1n) is 15.3. The Balaban J connectivity index is 1.37. The van der Waals surface area contributed by atoms with Crippen LogP contribution in [0.1, 0.15) is 45.8 Å². The average Bonchev–Trinajstić information content (AvgIpc) is 3.37. The quantitative estimate of drug-likeness (QED) is 0.190. The highest BCUT2D eigenvalue weighted by Crippen LogP contribution is 2.43. The van der Waals surface area contributed by atoms with Crippen LogP contribution < -0.4 is 20.9 Å². The Morgan fingerprint density at radius 1 is 0.956 bits per heavy atom. The van der Waals surface area contributed by atoms with Gasteiger partial charge in [0, 0.05) is 37.6 Å². The van der Waals surface area contributed by atoms with E-state index in [0.717, 1.165) is 29.7 Å². The van der Waals surface area contributed by atoms with E-state index in [1.165, 1.54) is 0 Å². The molecule has 0 bridgehead atoms. The molecule has 3 amide bonds. The van der Waals surface area contributed by atoms with Gasteiger partial charge in [-0.25, -0.2) is 4.79 Å². The summed E-state index contributed by atoms with van der Waals surface area (Å²) >= 11 is 0. The van der Waals surface area contributed by atoms with Crippen molar-refractivity contribution in [2.45, 2.75) is 32.3 Å². The molecule has 3 aromatic carbocycles. The van der Waals surface area contributed by atoms with Crippen molar-refractivity contribution in [1.82, 2.24) is 15.4 Å². The van der Waals surface area contributed by atoms with Gasteiger partial charge in [0.25, 0.3) is 5.91 Å². The average molecular weight is 611 g/mol. The summed E-state index contributed by atoms with van der Waals surface area (Å²) in [5.41, 5.74) is 3.45. The highest BCUT2D eigenvalue weighted by Gasteiger charge is 2.41. The van der Waals surface area contributed by atoms with Gasteiger partial charge < -0.3 is 35.4 Å². The molecule has 2 heterocycles. The van der Waals surface area contributed by atoms with Crippen molar-refractivity contribution >= 4 is 29.0 Å². The third-order valence-electron chi connectivity index (χ3n) is 8.47. The van der Waals surface area contributed by atoms with Crippen LogP contribution in [0.4, 0.5) is 21.9 Å². The molecule has 10 nitrogen and oxygen atoms in total. The van der Waals surface area contributed by atoms with Crippen LogP contribution in [0.2, 0.25) is 0 Å². The summed E-state index contributed by atoms with van der Waals surface area (Å²) in [5, 5.41) is 24.8. The Kier molecular flexibility index (Phi) is 9.85. The largest absolute Gasteiger partial charge is 0.380 e. The number of hydrogen-bond acceptors (Lipinski definition) is 7. The molecule has 1 aliphatic rings. The summed E-state index contributed by atoms with van der Waals surface area (Å²) in [6.45, 7) is 5.97. The van der Waals surface area contributed by atoms with Crippen molar-refractivity contribution in [2.24, 2.45) is 5.92 Å². The number of likely N-dealkylation sites (N-methyl/N-ethyl adjacent to an activating group) is 1. The summed E-state index contributed by atoms with van der Waals surface area (Å²) in [7, 11) is 3.91. The zero-order valence-electron chi connectivity index (χ0n) is 26.3. The second kappa shape index (κ2) is 14.0. The standard InChI is InChI=1S/C35H42N6O4/c1-24-32(25(2)45-39-24)38-34(43)37-29-15-16-31(30(23-29)33(42)36-19-22-40(3)4)41-20-17-28(18-21-41)35(44,26-11-7-5-8-12-26)27-13-9-6-10-14-27/h5-16,23,28,44H,17-22H2,1-4H3,(H,36,42)(H2,37,38,43). The van der Waals surface area contributed by atoms with E-state index in [1.807, 2.05) is 85.7 Å². The van der Waals surface area contributed by atoms with E-state index in [-0.39, 0.29) is 11.8 Å². The molecule has 4 aromatic rings. The van der Waals surface area contributed by atoms with Gasteiger partial charge in [0.05, 0.1) is 5.56 Å². The highest BCUT2D eigenvalue weighted by molar-refractivity contribution is 6.04. The molecular weight excluding hydrogens is 568 g/mol. The summed E-state index contributed by atoms with van der Waals surface area (Å²) in [4.78, 5) is 30.6. The Bertz CT molecular complexity index is 1540. The highest BCUT2D eigenvalue weighted by atomic mass is 16.5. The van der Waals surface area contributed by atoms with E-state index in [9.17, 15) is 14.7 Å². The first-order valence-corrected chi connectivity index (χ1v) is 15.3. The number of carbonyl (C=O) groups excluding carboxylic acids is 2. The number of aliphatic hydroxyl groups is 1. The van der Waals surface area contributed by atoms with Crippen LogP contribution in [0.5, 0.6) is 0 Å². The minimum absolute atomic E-state index is 0.0233. The first kappa shape index (κ1) is 31.7. The molecule has 0 atom stereocenters. The molecule has 1 aliphatic heterocycles. The monoisotopic (exact) mass is 610 g/mol. The van der Waals surface area contributed by atoms with Gasteiger partial charge in [0.2, 0.25) is 0 Å². The van der Waals surface area contributed by atoms with Crippen LogP contribution in [0.3, 0.4) is 0 Å². The predicted molar refractivity (Wildman–Crippen MR) is 177 cm³/mol. The Morgan fingerprint density at radius 2 is 1.58 bits per heavy atom. The third-order valence-corrected chi connectivity index (χ3v) is 8.47. The number of urea groups is 1. The van der Waals surface area contributed by atoms with Gasteiger partial charge in [0.15, 0.2) is 5.76 Å². The van der Waals surface area contributed by atoms with Gasteiger partial charge in [-0.2, -0.15) is 0 Å². The van der Waals surface area contributed by atoms with Crippen molar-refractivity contribution < 1.29 is 19.2 Å². The lowest BCUT2D eigenvalue weighted by molar-refractivity contribution is 0.00504. The number of anilines is 3. The topological polar surface area (TPSA) is 123 Å². The molecule has 10 heteroatoms. The molecule has 0 spiro atoms. The molecule has 1 fully saturated rings. The summed E-state index contributed by atoms with van der Waals surface area (Å²) in [6, 6.07) is 24.7. The van der Waals surface area contributed by atoms with Crippen LogP contribution in [-0.4, -0.2) is 67.4 Å². The zero-order valence-corrected chi connectivity index (χ0v) is 26.3. The normalized spacial score (nSPS) is 14.0. The van der Waals surface area contributed by atoms with Crippen LogP contribution in [0, 0.1) is 19.8 Å². The minimum atomic E-state index is -1.14. The van der Waals surface area contributed by atoms with Crippen molar-refractivity contribution in [3.63, 3.8) is 0 Å². The molecule has 5 rings (SSSR count). The molecule has 4 N–H and O–H groups in total. The van der Waals surface area contributed by atoms with Gasteiger partial charge in [0.1, 0.15) is 17.0 Å². The van der Waals surface area contributed by atoms with Crippen molar-refractivity contribution in [1.29, 1.82) is 0 Å². The minimum Gasteiger partial charge on any atom is -0.380 e. The maximum Gasteiger partial charge on any atom is 0.323 e. The molecule has 0 radical (unpaired) electrons. The molecule has 0 unspecified atom stereocenters. The summed E-state index contributed by atoms with van der Waals surface area (Å²) in [6.07, 6.45) is 1.45. The maximum atomic E-state index is 13.5. The van der Waals surface area contributed by atoms with Gasteiger partial charge >= 0.3 is 6.03 Å².